The Kier molecular flexibility index (Phi) is 3.32. The van der Waals surface area contributed by atoms with Crippen molar-refractivity contribution in [2.75, 3.05) is 0 Å². The molecule has 1 atom stereocenters. The Morgan fingerprint density at radius 1 is 1.62 bits per heavy atom. The number of furan rings is 1. The van der Waals surface area contributed by atoms with Gasteiger partial charge in [-0.15, -0.1) is 6.58 Å². The smallest absolute Gasteiger partial charge is 0.121 e. The van der Waals surface area contributed by atoms with Crippen LogP contribution in [0.5, 0.6) is 0 Å². The van der Waals surface area contributed by atoms with Gasteiger partial charge >= 0.3 is 0 Å². The quantitative estimate of drug-likeness (QED) is 0.722. The maximum Gasteiger partial charge on any atom is 0.121 e. The molecule has 0 amide bonds. The minimum atomic E-state index is 0.00500. The SMILES string of the molecule is C=CCC[C@H](N)c1cc(C)c(C)o1. The lowest BCUT2D eigenvalue weighted by atomic mass is 10.1. The molecule has 0 unspecified atom stereocenters. The van der Waals surface area contributed by atoms with Crippen molar-refractivity contribution in [3.05, 3.63) is 35.8 Å². The fourth-order valence-corrected chi connectivity index (χ4v) is 1.22. The molecule has 0 aliphatic carbocycles. The number of rotatable bonds is 4. The molecule has 1 aromatic heterocycles. The Labute approximate surface area is 79.4 Å². The summed E-state index contributed by atoms with van der Waals surface area (Å²) in [5.41, 5.74) is 7.09. The molecule has 0 radical (unpaired) electrons. The van der Waals surface area contributed by atoms with Gasteiger partial charge in [0.05, 0.1) is 6.04 Å². The van der Waals surface area contributed by atoms with Gasteiger partial charge in [0.25, 0.3) is 0 Å². The number of hydrogen-bond donors (Lipinski definition) is 1. The lowest BCUT2D eigenvalue weighted by Crippen LogP contribution is -2.08. The molecule has 0 fully saturated rings. The first-order chi connectivity index (χ1) is 6.15. The van der Waals surface area contributed by atoms with Crippen molar-refractivity contribution in [3.8, 4) is 0 Å². The van der Waals surface area contributed by atoms with E-state index in [0.717, 1.165) is 24.4 Å². The molecule has 1 rings (SSSR count). The normalized spacial score (nSPS) is 12.8. The van der Waals surface area contributed by atoms with Gasteiger partial charge in [-0.1, -0.05) is 6.08 Å². The summed E-state index contributed by atoms with van der Waals surface area (Å²) in [7, 11) is 0. The van der Waals surface area contributed by atoms with Gasteiger partial charge in [-0.25, -0.2) is 0 Å². The third kappa shape index (κ3) is 2.46. The zero-order valence-electron chi connectivity index (χ0n) is 8.34. The molecule has 1 aromatic rings. The predicted octanol–water partition coefficient (Wildman–Crippen LogP) is 2.86. The molecule has 1 heterocycles. The van der Waals surface area contributed by atoms with E-state index in [1.54, 1.807) is 0 Å². The molecule has 0 aliphatic heterocycles. The van der Waals surface area contributed by atoms with E-state index < -0.39 is 0 Å². The number of allylic oxidation sites excluding steroid dienone is 1. The van der Waals surface area contributed by atoms with Crippen LogP contribution in [0.2, 0.25) is 0 Å². The van der Waals surface area contributed by atoms with Gasteiger partial charge in [0.15, 0.2) is 0 Å². The molecule has 0 bridgehead atoms. The number of hydrogen-bond acceptors (Lipinski definition) is 2. The average Bonchev–Trinajstić information content (AvgIpc) is 2.43. The molecule has 0 saturated carbocycles. The Hall–Kier alpha value is -1.02. The molecular formula is C11H17NO. The first kappa shape index (κ1) is 10.1. The summed E-state index contributed by atoms with van der Waals surface area (Å²) in [6.45, 7) is 7.65. The van der Waals surface area contributed by atoms with E-state index in [1.807, 2.05) is 26.0 Å². The van der Waals surface area contributed by atoms with Crippen molar-refractivity contribution in [2.24, 2.45) is 5.73 Å². The Morgan fingerprint density at radius 2 is 2.31 bits per heavy atom. The Bertz CT molecular complexity index is 269. The van der Waals surface area contributed by atoms with E-state index in [-0.39, 0.29) is 6.04 Å². The maximum absolute atomic E-state index is 5.92. The molecule has 0 aliphatic rings. The lowest BCUT2D eigenvalue weighted by molar-refractivity contribution is 0.435. The van der Waals surface area contributed by atoms with Crippen LogP contribution in [-0.4, -0.2) is 0 Å². The number of aryl methyl sites for hydroxylation is 2. The zero-order valence-corrected chi connectivity index (χ0v) is 8.34. The first-order valence-corrected chi connectivity index (χ1v) is 4.58. The molecule has 2 N–H and O–H groups in total. The van der Waals surface area contributed by atoms with Crippen LogP contribution < -0.4 is 5.73 Å². The van der Waals surface area contributed by atoms with Crippen LogP contribution in [0.1, 0.15) is 36.0 Å². The van der Waals surface area contributed by atoms with Crippen LogP contribution in [-0.2, 0) is 0 Å². The fraction of sp³-hybridized carbons (Fsp3) is 0.455. The maximum atomic E-state index is 5.92. The van der Waals surface area contributed by atoms with Gasteiger partial charge in [0.2, 0.25) is 0 Å². The summed E-state index contributed by atoms with van der Waals surface area (Å²) in [6, 6.07) is 2.02. The summed E-state index contributed by atoms with van der Waals surface area (Å²) in [5, 5.41) is 0. The van der Waals surface area contributed by atoms with Crippen molar-refractivity contribution in [1.29, 1.82) is 0 Å². The van der Waals surface area contributed by atoms with Crippen LogP contribution in [0.4, 0.5) is 0 Å². The molecular weight excluding hydrogens is 162 g/mol. The highest BCUT2D eigenvalue weighted by Crippen LogP contribution is 2.21. The van der Waals surface area contributed by atoms with Crippen LogP contribution in [0.25, 0.3) is 0 Å². The summed E-state index contributed by atoms with van der Waals surface area (Å²) in [4.78, 5) is 0. The number of nitrogens with two attached hydrogens (primary N) is 1. The molecule has 2 heteroatoms. The van der Waals surface area contributed by atoms with Crippen LogP contribution >= 0.6 is 0 Å². The van der Waals surface area contributed by atoms with Crippen LogP contribution in [0.3, 0.4) is 0 Å². The van der Waals surface area contributed by atoms with Gasteiger partial charge in [-0.2, -0.15) is 0 Å². The van der Waals surface area contributed by atoms with Crippen molar-refractivity contribution in [1.82, 2.24) is 0 Å². The topological polar surface area (TPSA) is 39.2 Å². The average molecular weight is 179 g/mol. The predicted molar refractivity (Wildman–Crippen MR) is 54.5 cm³/mol. The summed E-state index contributed by atoms with van der Waals surface area (Å²) < 4.78 is 5.51. The molecule has 0 spiro atoms. The third-order valence-electron chi connectivity index (χ3n) is 2.23. The lowest BCUT2D eigenvalue weighted by Gasteiger charge is -2.05. The third-order valence-corrected chi connectivity index (χ3v) is 2.23. The monoisotopic (exact) mass is 179 g/mol. The summed E-state index contributed by atoms with van der Waals surface area (Å²) in [5.74, 6) is 1.85. The second-order valence-electron chi connectivity index (χ2n) is 3.36. The molecule has 0 aromatic carbocycles. The van der Waals surface area contributed by atoms with E-state index in [0.29, 0.717) is 0 Å². The molecule has 0 saturated heterocycles. The van der Waals surface area contributed by atoms with Crippen molar-refractivity contribution < 1.29 is 4.42 Å². The Balaban J connectivity index is 2.65. The highest BCUT2D eigenvalue weighted by molar-refractivity contribution is 5.20. The van der Waals surface area contributed by atoms with Gasteiger partial charge in [0.1, 0.15) is 11.5 Å². The van der Waals surface area contributed by atoms with Crippen LogP contribution in [0.15, 0.2) is 23.1 Å². The van der Waals surface area contributed by atoms with Crippen LogP contribution in [0, 0.1) is 13.8 Å². The van der Waals surface area contributed by atoms with Gasteiger partial charge < -0.3 is 10.2 Å². The van der Waals surface area contributed by atoms with Crippen molar-refractivity contribution >= 4 is 0 Å². The van der Waals surface area contributed by atoms with Gasteiger partial charge in [-0.3, -0.25) is 0 Å². The van der Waals surface area contributed by atoms with E-state index in [4.69, 9.17) is 10.2 Å². The molecule has 72 valence electrons. The van der Waals surface area contributed by atoms with Crippen molar-refractivity contribution in [3.63, 3.8) is 0 Å². The fourth-order valence-electron chi connectivity index (χ4n) is 1.22. The minimum Gasteiger partial charge on any atom is -0.464 e. The van der Waals surface area contributed by atoms with Gasteiger partial charge in [-0.05, 0) is 38.3 Å². The van der Waals surface area contributed by atoms with Crippen molar-refractivity contribution in [2.45, 2.75) is 32.7 Å². The first-order valence-electron chi connectivity index (χ1n) is 4.58. The van der Waals surface area contributed by atoms with E-state index in [9.17, 15) is 0 Å². The standard InChI is InChI=1S/C11H17NO/c1-4-5-6-10(12)11-7-8(2)9(3)13-11/h4,7,10H,1,5-6,12H2,2-3H3/t10-/m0/s1. The van der Waals surface area contributed by atoms with Gasteiger partial charge in [0, 0.05) is 0 Å². The summed E-state index contributed by atoms with van der Waals surface area (Å²) in [6.07, 6.45) is 3.71. The second kappa shape index (κ2) is 4.28. The van der Waals surface area contributed by atoms with E-state index in [1.165, 1.54) is 5.56 Å². The highest BCUT2D eigenvalue weighted by Gasteiger charge is 2.10. The second-order valence-corrected chi connectivity index (χ2v) is 3.36. The van der Waals surface area contributed by atoms with E-state index in [2.05, 4.69) is 6.58 Å². The summed E-state index contributed by atoms with van der Waals surface area (Å²) >= 11 is 0. The molecule has 2 nitrogen and oxygen atoms in total. The Morgan fingerprint density at radius 3 is 2.77 bits per heavy atom. The largest absolute Gasteiger partial charge is 0.464 e. The zero-order chi connectivity index (χ0) is 9.84. The highest BCUT2D eigenvalue weighted by atomic mass is 16.3. The minimum absolute atomic E-state index is 0.00500. The van der Waals surface area contributed by atoms with E-state index >= 15 is 0 Å². The molecule has 13 heavy (non-hydrogen) atoms.